The molecule has 1 aromatic rings. The van der Waals surface area contributed by atoms with Gasteiger partial charge in [0.1, 0.15) is 0 Å². The van der Waals surface area contributed by atoms with Gasteiger partial charge in [-0.05, 0) is 50.5 Å². The molecule has 0 saturated heterocycles. The number of hydrogen-bond acceptors (Lipinski definition) is 2. The van der Waals surface area contributed by atoms with Crippen molar-refractivity contribution in [3.8, 4) is 0 Å². The van der Waals surface area contributed by atoms with Crippen molar-refractivity contribution in [1.29, 1.82) is 0 Å². The van der Waals surface area contributed by atoms with Crippen molar-refractivity contribution in [3.63, 3.8) is 0 Å². The minimum atomic E-state index is 0. The van der Waals surface area contributed by atoms with Crippen LogP contribution < -0.4 is 10.6 Å². The van der Waals surface area contributed by atoms with E-state index in [0.717, 1.165) is 30.0 Å². The molecule has 0 aliphatic heterocycles. The van der Waals surface area contributed by atoms with Gasteiger partial charge in [0.15, 0.2) is 5.96 Å². The minimum Gasteiger partial charge on any atom is -0.357 e. The number of nitrogens with one attached hydrogen (secondary N) is 2. The molecule has 1 aliphatic rings. The topological polar surface area (TPSA) is 54.2 Å². The summed E-state index contributed by atoms with van der Waals surface area (Å²) in [4.78, 5) is 4.70. The van der Waals surface area contributed by atoms with E-state index in [9.17, 15) is 0 Å². The Labute approximate surface area is 157 Å². The van der Waals surface area contributed by atoms with Crippen molar-refractivity contribution >= 4 is 29.9 Å². The van der Waals surface area contributed by atoms with Gasteiger partial charge in [-0.1, -0.05) is 13.8 Å². The normalized spacial score (nSPS) is 21.9. The van der Waals surface area contributed by atoms with Crippen molar-refractivity contribution in [2.75, 3.05) is 6.54 Å². The van der Waals surface area contributed by atoms with Crippen molar-refractivity contribution < 1.29 is 0 Å². The molecule has 0 aromatic carbocycles. The summed E-state index contributed by atoms with van der Waals surface area (Å²) < 4.78 is 1.88. The molecule has 0 bridgehead atoms. The molecule has 6 heteroatoms. The van der Waals surface area contributed by atoms with Crippen LogP contribution in [0.5, 0.6) is 0 Å². The number of rotatable bonds is 5. The predicted molar refractivity (Wildman–Crippen MR) is 107 cm³/mol. The quantitative estimate of drug-likeness (QED) is 0.426. The summed E-state index contributed by atoms with van der Waals surface area (Å²) in [6.45, 7) is 8.35. The zero-order valence-electron chi connectivity index (χ0n) is 14.9. The molecule has 1 aliphatic carbocycles. The summed E-state index contributed by atoms with van der Waals surface area (Å²) in [6, 6.07) is 2.57. The predicted octanol–water partition coefficient (Wildman–Crippen LogP) is 3.31. The van der Waals surface area contributed by atoms with E-state index in [1.807, 2.05) is 24.0 Å². The molecule has 1 aromatic heterocycles. The number of guanidine groups is 1. The van der Waals surface area contributed by atoms with E-state index >= 15 is 0 Å². The van der Waals surface area contributed by atoms with Gasteiger partial charge >= 0.3 is 0 Å². The third-order valence-corrected chi connectivity index (χ3v) is 4.72. The molecule has 1 saturated carbocycles. The van der Waals surface area contributed by atoms with Gasteiger partial charge in [-0.3, -0.25) is 4.68 Å². The van der Waals surface area contributed by atoms with E-state index in [1.165, 1.54) is 25.7 Å². The fourth-order valence-electron chi connectivity index (χ4n) is 3.16. The van der Waals surface area contributed by atoms with Gasteiger partial charge in [0.2, 0.25) is 0 Å². The molecule has 0 atom stereocenters. The average Bonchev–Trinajstić information content (AvgIpc) is 2.91. The summed E-state index contributed by atoms with van der Waals surface area (Å²) in [5, 5.41) is 11.2. The van der Waals surface area contributed by atoms with Crippen LogP contribution in [0.1, 0.15) is 52.1 Å². The van der Waals surface area contributed by atoms with E-state index in [4.69, 9.17) is 4.99 Å². The number of hydrogen-bond donors (Lipinski definition) is 2. The fraction of sp³-hybridized carbons (Fsp3) is 0.765. The van der Waals surface area contributed by atoms with Crippen LogP contribution in [-0.2, 0) is 13.6 Å². The van der Waals surface area contributed by atoms with Gasteiger partial charge in [0.05, 0.1) is 12.2 Å². The lowest BCUT2D eigenvalue weighted by Gasteiger charge is -2.32. The Kier molecular flexibility index (Phi) is 8.94. The first-order valence-electron chi connectivity index (χ1n) is 8.61. The highest BCUT2D eigenvalue weighted by Crippen LogP contribution is 2.29. The molecule has 0 unspecified atom stereocenters. The Balaban J connectivity index is 0.00000264. The lowest BCUT2D eigenvalue weighted by Crippen LogP contribution is -2.45. The minimum absolute atomic E-state index is 0. The largest absolute Gasteiger partial charge is 0.357 e. The van der Waals surface area contributed by atoms with Crippen molar-refractivity contribution in [3.05, 3.63) is 18.0 Å². The number of halogens is 1. The van der Waals surface area contributed by atoms with Crippen LogP contribution in [0.4, 0.5) is 0 Å². The molecule has 0 amide bonds. The molecule has 132 valence electrons. The Morgan fingerprint density at radius 3 is 2.57 bits per heavy atom. The van der Waals surface area contributed by atoms with E-state index < -0.39 is 0 Å². The molecular weight excluding hydrogens is 401 g/mol. The Hall–Kier alpha value is -0.790. The number of aromatic nitrogens is 2. The maximum absolute atomic E-state index is 4.70. The van der Waals surface area contributed by atoms with Crippen LogP contribution in [0.25, 0.3) is 0 Å². The second kappa shape index (κ2) is 10.2. The number of aryl methyl sites for hydroxylation is 1. The highest BCUT2D eigenvalue weighted by Gasteiger charge is 2.23. The maximum atomic E-state index is 4.70. The van der Waals surface area contributed by atoms with Crippen LogP contribution in [0.3, 0.4) is 0 Å². The lowest BCUT2D eigenvalue weighted by atomic mass is 9.80. The summed E-state index contributed by atoms with van der Waals surface area (Å²) in [7, 11) is 1.96. The number of nitrogens with zero attached hydrogens (tertiary/aromatic N) is 3. The van der Waals surface area contributed by atoms with Crippen molar-refractivity contribution in [2.24, 2.45) is 23.9 Å². The Morgan fingerprint density at radius 1 is 1.35 bits per heavy atom. The maximum Gasteiger partial charge on any atom is 0.191 e. The standard InChI is InChI=1S/C17H31N5.HI/c1-5-18-17(19-12-16-10-11-20-22(16)4)21-15-8-6-14(7-9-15)13(2)3;/h10-11,13-15H,5-9,12H2,1-4H3,(H2,18,19,21);1H. The zero-order chi connectivity index (χ0) is 15.9. The lowest BCUT2D eigenvalue weighted by molar-refractivity contribution is 0.250. The van der Waals surface area contributed by atoms with Crippen LogP contribution in [0.15, 0.2) is 17.3 Å². The van der Waals surface area contributed by atoms with Gasteiger partial charge < -0.3 is 10.6 Å². The fourth-order valence-corrected chi connectivity index (χ4v) is 3.16. The summed E-state index contributed by atoms with van der Waals surface area (Å²) in [5.74, 6) is 2.64. The van der Waals surface area contributed by atoms with Gasteiger partial charge in [-0.15, -0.1) is 24.0 Å². The first kappa shape index (κ1) is 20.3. The molecule has 5 nitrogen and oxygen atoms in total. The van der Waals surface area contributed by atoms with Gasteiger partial charge in [0.25, 0.3) is 0 Å². The smallest absolute Gasteiger partial charge is 0.191 e. The van der Waals surface area contributed by atoms with Crippen LogP contribution >= 0.6 is 24.0 Å². The molecular formula is C17H32IN5. The second-order valence-electron chi connectivity index (χ2n) is 6.64. The third kappa shape index (κ3) is 6.31. The third-order valence-electron chi connectivity index (χ3n) is 4.72. The first-order chi connectivity index (χ1) is 10.6. The molecule has 0 radical (unpaired) electrons. The van der Waals surface area contributed by atoms with Gasteiger partial charge in [-0.2, -0.15) is 5.10 Å². The van der Waals surface area contributed by atoms with E-state index in [1.54, 1.807) is 0 Å². The van der Waals surface area contributed by atoms with Crippen LogP contribution in [0, 0.1) is 11.8 Å². The highest BCUT2D eigenvalue weighted by atomic mass is 127. The van der Waals surface area contributed by atoms with E-state index in [0.29, 0.717) is 12.6 Å². The highest BCUT2D eigenvalue weighted by molar-refractivity contribution is 14.0. The zero-order valence-corrected chi connectivity index (χ0v) is 17.2. The van der Waals surface area contributed by atoms with Gasteiger partial charge in [0, 0.05) is 25.8 Å². The molecule has 2 N–H and O–H groups in total. The summed E-state index contributed by atoms with van der Waals surface area (Å²) in [6.07, 6.45) is 6.98. The van der Waals surface area contributed by atoms with Gasteiger partial charge in [-0.25, -0.2) is 4.99 Å². The molecule has 2 rings (SSSR count). The summed E-state index contributed by atoms with van der Waals surface area (Å²) >= 11 is 0. The monoisotopic (exact) mass is 433 g/mol. The first-order valence-corrected chi connectivity index (χ1v) is 8.61. The van der Waals surface area contributed by atoms with Crippen LogP contribution in [0.2, 0.25) is 0 Å². The second-order valence-corrected chi connectivity index (χ2v) is 6.64. The van der Waals surface area contributed by atoms with Crippen LogP contribution in [-0.4, -0.2) is 28.3 Å². The van der Waals surface area contributed by atoms with E-state index in [2.05, 4.69) is 36.5 Å². The van der Waals surface area contributed by atoms with Crippen molar-refractivity contribution in [2.45, 2.75) is 59.0 Å². The molecule has 23 heavy (non-hydrogen) atoms. The number of aliphatic imine (C=N–C) groups is 1. The molecule has 1 fully saturated rings. The van der Waals surface area contributed by atoms with E-state index in [-0.39, 0.29) is 24.0 Å². The summed E-state index contributed by atoms with van der Waals surface area (Å²) in [5.41, 5.74) is 1.13. The van der Waals surface area contributed by atoms with Crippen molar-refractivity contribution in [1.82, 2.24) is 20.4 Å². The molecule has 1 heterocycles. The molecule has 0 spiro atoms. The Morgan fingerprint density at radius 2 is 2.04 bits per heavy atom. The Bertz CT molecular complexity index is 475. The average molecular weight is 433 g/mol. The SMILES string of the molecule is CCNC(=NCc1ccnn1C)NC1CCC(C(C)C)CC1.I.